The third-order valence-corrected chi connectivity index (χ3v) is 7.09. The lowest BCUT2D eigenvalue weighted by molar-refractivity contribution is -0.132. The molecule has 2 aromatic rings. The molecule has 2 amide bonds. The van der Waals surface area contributed by atoms with Crippen molar-refractivity contribution in [2.45, 2.75) is 69.9 Å². The normalized spacial score (nSPS) is 22.0. The van der Waals surface area contributed by atoms with Crippen LogP contribution in [0, 0.1) is 0 Å². The van der Waals surface area contributed by atoms with E-state index < -0.39 is 5.54 Å². The van der Waals surface area contributed by atoms with E-state index in [2.05, 4.69) is 5.32 Å². The van der Waals surface area contributed by atoms with E-state index in [1.165, 1.54) is 12.8 Å². The van der Waals surface area contributed by atoms with Gasteiger partial charge in [-0.2, -0.15) is 0 Å². The number of fused-ring (bicyclic) bond motifs is 1. The molecule has 4 nitrogen and oxygen atoms in total. The molecule has 1 heterocycles. The molecular formula is C26H31ClN2O2. The highest BCUT2D eigenvalue weighted by atomic mass is 35.5. The quantitative estimate of drug-likeness (QED) is 0.654. The van der Waals surface area contributed by atoms with Crippen LogP contribution in [0.3, 0.4) is 0 Å². The number of nitrogens with zero attached hydrogens (tertiary/aromatic N) is 1. The Labute approximate surface area is 190 Å². The number of nitrogens with one attached hydrogen (secondary N) is 1. The van der Waals surface area contributed by atoms with Crippen LogP contribution in [0.4, 0.5) is 0 Å². The Morgan fingerprint density at radius 3 is 2.45 bits per heavy atom. The molecule has 4 rings (SSSR count). The van der Waals surface area contributed by atoms with Gasteiger partial charge in [0.05, 0.1) is 0 Å². The second-order valence-electron chi connectivity index (χ2n) is 9.10. The zero-order chi connectivity index (χ0) is 21.8. The number of hydrogen-bond donors (Lipinski definition) is 1. The molecule has 1 saturated carbocycles. The summed E-state index contributed by atoms with van der Waals surface area (Å²) in [6, 6.07) is 15.6. The maximum Gasteiger partial charge on any atom is 0.255 e. The molecule has 5 heteroatoms. The highest BCUT2D eigenvalue weighted by Gasteiger charge is 2.46. The monoisotopic (exact) mass is 438 g/mol. The van der Waals surface area contributed by atoms with E-state index in [9.17, 15) is 9.59 Å². The van der Waals surface area contributed by atoms with Crippen LogP contribution >= 0.6 is 11.6 Å². The van der Waals surface area contributed by atoms with Crippen molar-refractivity contribution in [3.05, 3.63) is 70.2 Å². The van der Waals surface area contributed by atoms with E-state index in [-0.39, 0.29) is 17.9 Å². The van der Waals surface area contributed by atoms with Crippen LogP contribution in [0.15, 0.2) is 48.5 Å². The second kappa shape index (κ2) is 9.44. The van der Waals surface area contributed by atoms with E-state index in [1.807, 2.05) is 55.5 Å². The minimum Gasteiger partial charge on any atom is -0.351 e. The Bertz CT molecular complexity index is 935. The number of carbonyl (C=O) groups excluding carboxylic acids is 2. The first kappa shape index (κ1) is 21.9. The summed E-state index contributed by atoms with van der Waals surface area (Å²) in [5, 5.41) is 4.00. The number of amides is 2. The standard InChI is InChI=1S/C26H31ClN2O2/c1-26(25(31)28-22-9-4-2-3-5-10-22)18-20-8-6-7-11-23(20)24(30)29(26)17-16-19-12-14-21(27)15-13-19/h6-8,11-15,22H,2-5,9-10,16-18H2,1H3,(H,28,31)/t26-/m0/s1. The van der Waals surface area contributed by atoms with Gasteiger partial charge in [0, 0.05) is 29.6 Å². The predicted octanol–water partition coefficient (Wildman–Crippen LogP) is 5.18. The average molecular weight is 439 g/mol. The second-order valence-corrected chi connectivity index (χ2v) is 9.54. The van der Waals surface area contributed by atoms with Crippen molar-refractivity contribution in [3.8, 4) is 0 Å². The summed E-state index contributed by atoms with van der Waals surface area (Å²) in [7, 11) is 0. The molecule has 0 radical (unpaired) electrons. The molecule has 0 spiro atoms. The summed E-state index contributed by atoms with van der Waals surface area (Å²) in [5.41, 5.74) is 1.86. The molecule has 1 aliphatic heterocycles. The van der Waals surface area contributed by atoms with E-state index in [1.54, 1.807) is 4.90 Å². The Morgan fingerprint density at radius 2 is 1.74 bits per heavy atom. The van der Waals surface area contributed by atoms with Gasteiger partial charge in [0.15, 0.2) is 0 Å². The first-order chi connectivity index (χ1) is 15.0. The van der Waals surface area contributed by atoms with Crippen LogP contribution in [-0.2, 0) is 17.6 Å². The summed E-state index contributed by atoms with van der Waals surface area (Å²) < 4.78 is 0. The molecule has 31 heavy (non-hydrogen) atoms. The summed E-state index contributed by atoms with van der Waals surface area (Å²) in [6.07, 6.45) is 8.05. The van der Waals surface area contributed by atoms with Crippen molar-refractivity contribution in [1.29, 1.82) is 0 Å². The van der Waals surface area contributed by atoms with Crippen molar-refractivity contribution in [2.75, 3.05) is 6.54 Å². The van der Waals surface area contributed by atoms with Crippen LogP contribution in [0.5, 0.6) is 0 Å². The smallest absolute Gasteiger partial charge is 0.255 e. The molecule has 0 aromatic heterocycles. The lowest BCUT2D eigenvalue weighted by Crippen LogP contribution is -2.64. The fourth-order valence-electron chi connectivity index (χ4n) is 4.93. The number of carbonyl (C=O) groups is 2. The van der Waals surface area contributed by atoms with Crippen molar-refractivity contribution in [3.63, 3.8) is 0 Å². The van der Waals surface area contributed by atoms with Gasteiger partial charge in [0.2, 0.25) is 5.91 Å². The van der Waals surface area contributed by atoms with Crippen LogP contribution in [-0.4, -0.2) is 34.8 Å². The molecule has 164 valence electrons. The SMILES string of the molecule is C[C@@]1(C(=O)NC2CCCCCC2)Cc2ccccc2C(=O)N1CCc1ccc(Cl)cc1. The van der Waals surface area contributed by atoms with Crippen molar-refractivity contribution in [2.24, 2.45) is 0 Å². The van der Waals surface area contributed by atoms with Crippen LogP contribution in [0.1, 0.15) is 66.9 Å². The molecule has 0 bridgehead atoms. The number of rotatable bonds is 5. The molecule has 1 atom stereocenters. The van der Waals surface area contributed by atoms with E-state index >= 15 is 0 Å². The predicted molar refractivity (Wildman–Crippen MR) is 124 cm³/mol. The Hall–Kier alpha value is -2.33. The third-order valence-electron chi connectivity index (χ3n) is 6.84. The first-order valence-corrected chi connectivity index (χ1v) is 11.8. The molecule has 2 aromatic carbocycles. The molecule has 0 saturated heterocycles. The minimum absolute atomic E-state index is 0.0293. The highest BCUT2D eigenvalue weighted by Crippen LogP contribution is 2.32. The fourth-order valence-corrected chi connectivity index (χ4v) is 5.05. The number of hydrogen-bond acceptors (Lipinski definition) is 2. The van der Waals surface area contributed by atoms with Gasteiger partial charge >= 0.3 is 0 Å². The summed E-state index contributed by atoms with van der Waals surface area (Å²) in [5.74, 6) is -0.0901. The van der Waals surface area contributed by atoms with Crippen molar-refractivity contribution in [1.82, 2.24) is 10.2 Å². The summed E-state index contributed by atoms with van der Waals surface area (Å²) in [4.78, 5) is 28.9. The van der Waals surface area contributed by atoms with Crippen LogP contribution in [0.2, 0.25) is 5.02 Å². The molecular weight excluding hydrogens is 408 g/mol. The topological polar surface area (TPSA) is 49.4 Å². The van der Waals surface area contributed by atoms with Gasteiger partial charge in [-0.25, -0.2) is 0 Å². The largest absolute Gasteiger partial charge is 0.351 e. The van der Waals surface area contributed by atoms with Crippen molar-refractivity contribution < 1.29 is 9.59 Å². The van der Waals surface area contributed by atoms with Crippen LogP contribution < -0.4 is 5.32 Å². The van der Waals surface area contributed by atoms with Gasteiger partial charge in [-0.3, -0.25) is 9.59 Å². The molecule has 0 unspecified atom stereocenters. The lowest BCUT2D eigenvalue weighted by atomic mass is 9.82. The van der Waals surface area contributed by atoms with Gasteiger partial charge in [-0.1, -0.05) is 67.6 Å². The maximum absolute atomic E-state index is 13.6. The zero-order valence-electron chi connectivity index (χ0n) is 18.2. The van der Waals surface area contributed by atoms with Gasteiger partial charge in [-0.05, 0) is 55.5 Å². The van der Waals surface area contributed by atoms with Gasteiger partial charge in [-0.15, -0.1) is 0 Å². The van der Waals surface area contributed by atoms with Gasteiger partial charge in [0.1, 0.15) is 5.54 Å². The molecule has 1 aliphatic carbocycles. The lowest BCUT2D eigenvalue weighted by Gasteiger charge is -2.44. The zero-order valence-corrected chi connectivity index (χ0v) is 19.0. The van der Waals surface area contributed by atoms with Gasteiger partial charge in [0.25, 0.3) is 5.91 Å². The third kappa shape index (κ3) is 4.79. The maximum atomic E-state index is 13.6. The summed E-state index contributed by atoms with van der Waals surface area (Å²) >= 11 is 6.01. The Balaban J connectivity index is 1.58. The minimum atomic E-state index is -0.899. The highest BCUT2D eigenvalue weighted by molar-refractivity contribution is 6.30. The number of benzene rings is 2. The Morgan fingerprint density at radius 1 is 1.06 bits per heavy atom. The van der Waals surface area contributed by atoms with E-state index in [0.717, 1.165) is 36.8 Å². The van der Waals surface area contributed by atoms with E-state index in [0.29, 0.717) is 30.0 Å². The molecule has 1 fully saturated rings. The Kier molecular flexibility index (Phi) is 6.66. The summed E-state index contributed by atoms with van der Waals surface area (Å²) in [6.45, 7) is 2.41. The fraction of sp³-hybridized carbons (Fsp3) is 0.462. The van der Waals surface area contributed by atoms with E-state index in [4.69, 9.17) is 11.6 Å². The van der Waals surface area contributed by atoms with Gasteiger partial charge < -0.3 is 10.2 Å². The molecule has 1 N–H and O–H groups in total. The van der Waals surface area contributed by atoms with Crippen LogP contribution in [0.25, 0.3) is 0 Å². The first-order valence-electron chi connectivity index (χ1n) is 11.4. The number of halogens is 1. The van der Waals surface area contributed by atoms with Crippen molar-refractivity contribution >= 4 is 23.4 Å². The average Bonchev–Trinajstić information content (AvgIpc) is 3.03. The molecule has 2 aliphatic rings.